The molecule has 4 rings (SSSR count). The number of rotatable bonds is 5. The third-order valence-electron chi connectivity index (χ3n) is 5.77. The summed E-state index contributed by atoms with van der Waals surface area (Å²) in [6.07, 6.45) is 10.7. The number of nitrogens with zero attached hydrogens (tertiary/aromatic N) is 4. The Morgan fingerprint density at radius 1 is 1.19 bits per heavy atom. The summed E-state index contributed by atoms with van der Waals surface area (Å²) in [5.41, 5.74) is 3.25. The van der Waals surface area contributed by atoms with E-state index >= 15 is 0 Å². The fourth-order valence-corrected chi connectivity index (χ4v) is 5.22. The number of aryl methyl sites for hydroxylation is 1. The molecule has 1 saturated carbocycles. The first kappa shape index (κ1) is 22.4. The summed E-state index contributed by atoms with van der Waals surface area (Å²) >= 11 is 6.79. The van der Waals surface area contributed by atoms with E-state index in [1.54, 1.807) is 10.9 Å². The van der Waals surface area contributed by atoms with Crippen molar-refractivity contribution in [3.63, 3.8) is 0 Å². The molecule has 1 N–H and O–H groups in total. The predicted octanol–water partition coefficient (Wildman–Crippen LogP) is 5.50. The Hall–Kier alpha value is -2.76. The van der Waals surface area contributed by atoms with Crippen LogP contribution in [0.15, 0.2) is 63.4 Å². The van der Waals surface area contributed by atoms with Crippen molar-refractivity contribution < 1.29 is 4.79 Å². The molecule has 1 aromatic carbocycles. The molecule has 0 bridgehead atoms. The van der Waals surface area contributed by atoms with Gasteiger partial charge in [0, 0.05) is 34.0 Å². The quantitative estimate of drug-likeness (QED) is 0.333. The van der Waals surface area contributed by atoms with Crippen LogP contribution in [0.4, 0.5) is 0 Å². The molecule has 0 saturated heterocycles. The highest BCUT2D eigenvalue weighted by Crippen LogP contribution is 2.39. The highest BCUT2D eigenvalue weighted by Gasteiger charge is 2.37. The van der Waals surface area contributed by atoms with Crippen LogP contribution in [0.1, 0.15) is 36.9 Å². The highest BCUT2D eigenvalue weighted by molar-refractivity contribution is 9.11. The van der Waals surface area contributed by atoms with Crippen molar-refractivity contribution in [3.8, 4) is 17.2 Å². The number of halogens is 2. The van der Waals surface area contributed by atoms with Gasteiger partial charge in [-0.3, -0.25) is 14.5 Å². The normalized spacial score (nSPS) is 15.4. The minimum atomic E-state index is -0.481. The second kappa shape index (κ2) is 9.39. The fraction of sp³-hybridized carbons (Fsp3) is 0.250. The number of aromatic nitrogens is 3. The molecule has 3 aromatic rings. The van der Waals surface area contributed by atoms with E-state index in [1.807, 2.05) is 31.6 Å². The maximum Gasteiger partial charge on any atom is 0.262 e. The third kappa shape index (κ3) is 4.69. The molecule has 32 heavy (non-hydrogen) atoms. The smallest absolute Gasteiger partial charge is 0.262 e. The number of nitriles is 1. The van der Waals surface area contributed by atoms with E-state index in [0.29, 0.717) is 10.2 Å². The standard InChI is InChI=1S/C24H21Br2N5O/c1-31-15-18(13-29-31)16-4-6-19(7-5-16)24(8-2-3-9-24)30-23(32)17(12-27)10-22-21(26)11-20(25)14-28-22/h4-7,10-11,13-15H,2-3,8-9H2,1H3,(H,30,32). The SMILES string of the molecule is Cn1cc(-c2ccc(C3(NC(=O)C(C#N)=Cc4ncc(Br)cc4Br)CCCC3)cc2)cn1. The van der Waals surface area contributed by atoms with Crippen molar-refractivity contribution in [2.75, 3.05) is 0 Å². The van der Waals surface area contributed by atoms with Crippen LogP contribution in [0.3, 0.4) is 0 Å². The van der Waals surface area contributed by atoms with Crippen LogP contribution in [0.2, 0.25) is 0 Å². The molecular weight excluding hydrogens is 534 g/mol. The number of hydrogen-bond donors (Lipinski definition) is 1. The molecule has 0 aliphatic heterocycles. The zero-order valence-corrected chi connectivity index (χ0v) is 20.6. The van der Waals surface area contributed by atoms with E-state index in [4.69, 9.17) is 0 Å². The number of amides is 1. The number of carbonyl (C=O) groups excluding carboxylic acids is 1. The van der Waals surface area contributed by atoms with E-state index < -0.39 is 5.54 Å². The Labute approximate surface area is 203 Å². The Morgan fingerprint density at radius 2 is 1.91 bits per heavy atom. The summed E-state index contributed by atoms with van der Waals surface area (Å²) in [5, 5.41) is 17.1. The molecule has 0 radical (unpaired) electrons. The molecule has 1 amide bonds. The van der Waals surface area contributed by atoms with Gasteiger partial charge in [0.1, 0.15) is 11.6 Å². The number of pyridine rings is 1. The van der Waals surface area contributed by atoms with Crippen LogP contribution in [0.25, 0.3) is 17.2 Å². The van der Waals surface area contributed by atoms with E-state index in [1.165, 1.54) is 6.08 Å². The van der Waals surface area contributed by atoms with Crippen molar-refractivity contribution >= 4 is 43.8 Å². The van der Waals surface area contributed by atoms with Crippen LogP contribution in [-0.2, 0) is 17.4 Å². The predicted molar refractivity (Wildman–Crippen MR) is 130 cm³/mol. The first-order valence-electron chi connectivity index (χ1n) is 10.3. The van der Waals surface area contributed by atoms with Gasteiger partial charge in [-0.25, -0.2) is 0 Å². The maximum atomic E-state index is 13.1. The van der Waals surface area contributed by atoms with Gasteiger partial charge in [-0.05, 0) is 68.0 Å². The number of carbonyl (C=O) groups is 1. The molecule has 6 nitrogen and oxygen atoms in total. The number of nitrogens with one attached hydrogen (secondary N) is 1. The van der Waals surface area contributed by atoms with Crippen LogP contribution in [0, 0.1) is 11.3 Å². The lowest BCUT2D eigenvalue weighted by molar-refractivity contribution is -0.119. The average Bonchev–Trinajstić information content (AvgIpc) is 3.43. The molecular formula is C24H21Br2N5O. The number of hydrogen-bond acceptors (Lipinski definition) is 4. The van der Waals surface area contributed by atoms with Gasteiger partial charge < -0.3 is 5.32 Å². The summed E-state index contributed by atoms with van der Waals surface area (Å²) in [7, 11) is 1.89. The highest BCUT2D eigenvalue weighted by atomic mass is 79.9. The summed E-state index contributed by atoms with van der Waals surface area (Å²) in [4.78, 5) is 17.4. The van der Waals surface area contributed by atoms with Gasteiger partial charge in [-0.2, -0.15) is 10.4 Å². The van der Waals surface area contributed by atoms with Gasteiger partial charge in [0.05, 0.1) is 17.4 Å². The second-order valence-electron chi connectivity index (χ2n) is 7.91. The molecule has 0 spiro atoms. The summed E-state index contributed by atoms with van der Waals surface area (Å²) in [6, 6.07) is 12.1. The lowest BCUT2D eigenvalue weighted by Crippen LogP contribution is -2.44. The van der Waals surface area contributed by atoms with Crippen molar-refractivity contribution in [1.29, 1.82) is 5.26 Å². The van der Waals surface area contributed by atoms with Crippen LogP contribution in [0.5, 0.6) is 0 Å². The van der Waals surface area contributed by atoms with Gasteiger partial charge in [-0.1, -0.05) is 37.1 Å². The maximum absolute atomic E-state index is 13.1. The van der Waals surface area contributed by atoms with Gasteiger partial charge in [0.25, 0.3) is 5.91 Å². The molecule has 8 heteroatoms. The van der Waals surface area contributed by atoms with Gasteiger partial charge in [0.2, 0.25) is 0 Å². The van der Waals surface area contributed by atoms with Gasteiger partial charge >= 0.3 is 0 Å². The zero-order chi connectivity index (χ0) is 22.7. The summed E-state index contributed by atoms with van der Waals surface area (Å²) in [6.45, 7) is 0. The first-order valence-corrected chi connectivity index (χ1v) is 11.8. The first-order chi connectivity index (χ1) is 15.4. The lowest BCUT2D eigenvalue weighted by Gasteiger charge is -2.31. The largest absolute Gasteiger partial charge is 0.342 e. The molecule has 2 aromatic heterocycles. The van der Waals surface area contributed by atoms with Gasteiger partial charge in [-0.15, -0.1) is 0 Å². The fourth-order valence-electron chi connectivity index (χ4n) is 4.12. The molecule has 1 fully saturated rings. The average molecular weight is 555 g/mol. The minimum absolute atomic E-state index is 0.0266. The van der Waals surface area contributed by atoms with E-state index in [-0.39, 0.29) is 11.5 Å². The minimum Gasteiger partial charge on any atom is -0.342 e. The topological polar surface area (TPSA) is 83.6 Å². The van der Waals surface area contributed by atoms with E-state index in [2.05, 4.69) is 71.5 Å². The molecule has 0 atom stereocenters. The van der Waals surface area contributed by atoms with Crippen LogP contribution >= 0.6 is 31.9 Å². The summed E-state index contributed by atoms with van der Waals surface area (Å²) < 4.78 is 3.29. The molecule has 2 heterocycles. The second-order valence-corrected chi connectivity index (χ2v) is 9.68. The van der Waals surface area contributed by atoms with Crippen molar-refractivity contribution in [2.24, 2.45) is 7.05 Å². The molecule has 1 aliphatic rings. The van der Waals surface area contributed by atoms with Gasteiger partial charge in [0.15, 0.2) is 0 Å². The number of benzene rings is 1. The third-order valence-corrected chi connectivity index (χ3v) is 6.84. The van der Waals surface area contributed by atoms with Crippen molar-refractivity contribution in [1.82, 2.24) is 20.1 Å². The Balaban J connectivity index is 1.60. The van der Waals surface area contributed by atoms with Crippen molar-refractivity contribution in [2.45, 2.75) is 31.2 Å². The van der Waals surface area contributed by atoms with E-state index in [9.17, 15) is 10.1 Å². The summed E-state index contributed by atoms with van der Waals surface area (Å²) in [5.74, 6) is -0.387. The lowest BCUT2D eigenvalue weighted by atomic mass is 9.87. The Morgan fingerprint density at radius 3 is 2.50 bits per heavy atom. The zero-order valence-electron chi connectivity index (χ0n) is 17.5. The molecule has 162 valence electrons. The Kier molecular flexibility index (Phi) is 6.58. The van der Waals surface area contributed by atoms with E-state index in [0.717, 1.165) is 46.8 Å². The van der Waals surface area contributed by atoms with Crippen LogP contribution < -0.4 is 5.32 Å². The monoisotopic (exact) mass is 553 g/mol. The molecule has 1 aliphatic carbocycles. The van der Waals surface area contributed by atoms with Crippen LogP contribution in [-0.4, -0.2) is 20.7 Å². The Bertz CT molecular complexity index is 1220. The molecule has 0 unspecified atom stereocenters. The van der Waals surface area contributed by atoms with Crippen molar-refractivity contribution in [3.05, 3.63) is 74.7 Å².